The first-order valence-electron chi connectivity index (χ1n) is 7.99. The van der Waals surface area contributed by atoms with Gasteiger partial charge in [0.1, 0.15) is 0 Å². The average Bonchev–Trinajstić information content (AvgIpc) is 2.77. The number of ether oxygens (including phenoxy) is 2. The minimum atomic E-state index is -1.30. The zero-order valence-electron chi connectivity index (χ0n) is 15.2. The van der Waals surface area contributed by atoms with Gasteiger partial charge in [-0.15, -0.1) is 0 Å². The number of esters is 2. The molecule has 1 aromatic heterocycles. The van der Waals surface area contributed by atoms with Gasteiger partial charge in [0.2, 0.25) is 0 Å². The molecule has 0 aliphatic carbocycles. The normalized spacial score (nSPS) is 15.9. The number of aromatic nitrogens is 3. The van der Waals surface area contributed by atoms with Gasteiger partial charge < -0.3 is 14.8 Å². The molecule has 0 bridgehead atoms. The maximum atomic E-state index is 12.1. The standard InChI is InChI=1S/C17H18N4O6/c1-17(2)26-13(22)12(14(23)27-17)9-18-10-5-7-11(8-6-10)21-15(24)19(3)20(4)16(21)25/h5-9,18H,1-4H3. The first kappa shape index (κ1) is 18.2. The van der Waals surface area contributed by atoms with Gasteiger partial charge in [-0.2, -0.15) is 0 Å². The van der Waals surface area contributed by atoms with Crippen LogP contribution in [0.1, 0.15) is 13.8 Å². The van der Waals surface area contributed by atoms with Gasteiger partial charge in [0, 0.05) is 39.8 Å². The fourth-order valence-corrected chi connectivity index (χ4v) is 2.49. The lowest BCUT2D eigenvalue weighted by molar-refractivity contribution is -0.222. The Morgan fingerprint density at radius 3 is 1.85 bits per heavy atom. The summed E-state index contributed by atoms with van der Waals surface area (Å²) in [6.45, 7) is 2.92. The van der Waals surface area contributed by atoms with Crippen molar-refractivity contribution in [2.75, 3.05) is 5.32 Å². The summed E-state index contributed by atoms with van der Waals surface area (Å²) < 4.78 is 13.4. The predicted molar refractivity (Wildman–Crippen MR) is 94.2 cm³/mol. The van der Waals surface area contributed by atoms with E-state index in [1.165, 1.54) is 43.5 Å². The number of cyclic esters (lactones) is 2. The van der Waals surface area contributed by atoms with Crippen molar-refractivity contribution in [2.45, 2.75) is 19.6 Å². The van der Waals surface area contributed by atoms with Crippen molar-refractivity contribution in [3.8, 4) is 5.69 Å². The van der Waals surface area contributed by atoms with E-state index in [1.807, 2.05) is 0 Å². The lowest BCUT2D eigenvalue weighted by Crippen LogP contribution is -2.42. The van der Waals surface area contributed by atoms with E-state index in [0.717, 1.165) is 4.57 Å². The van der Waals surface area contributed by atoms with Gasteiger partial charge in [-0.1, -0.05) is 0 Å². The molecule has 2 aromatic rings. The molecule has 142 valence electrons. The third-order valence-corrected chi connectivity index (χ3v) is 4.01. The molecule has 1 aliphatic heterocycles. The predicted octanol–water partition coefficient (Wildman–Crippen LogP) is 0.00660. The highest BCUT2D eigenvalue weighted by molar-refractivity contribution is 6.15. The van der Waals surface area contributed by atoms with E-state index in [-0.39, 0.29) is 5.57 Å². The molecule has 27 heavy (non-hydrogen) atoms. The highest BCUT2D eigenvalue weighted by Gasteiger charge is 2.38. The van der Waals surface area contributed by atoms with E-state index >= 15 is 0 Å². The van der Waals surface area contributed by atoms with Crippen molar-refractivity contribution in [3.63, 3.8) is 0 Å². The van der Waals surface area contributed by atoms with E-state index in [9.17, 15) is 19.2 Å². The summed E-state index contributed by atoms with van der Waals surface area (Å²) in [5.74, 6) is -2.89. The van der Waals surface area contributed by atoms with Crippen molar-refractivity contribution in [3.05, 3.63) is 57.0 Å². The Morgan fingerprint density at radius 1 is 0.889 bits per heavy atom. The van der Waals surface area contributed by atoms with Crippen LogP contribution in [0, 0.1) is 0 Å². The number of hydrogen-bond acceptors (Lipinski definition) is 7. The largest absolute Gasteiger partial charge is 0.419 e. The number of nitrogens with zero attached hydrogens (tertiary/aromatic N) is 3. The number of carbonyl (C=O) groups excluding carboxylic acids is 2. The van der Waals surface area contributed by atoms with Crippen molar-refractivity contribution < 1.29 is 19.1 Å². The van der Waals surface area contributed by atoms with E-state index in [1.54, 1.807) is 24.3 Å². The van der Waals surface area contributed by atoms with Gasteiger partial charge in [-0.05, 0) is 24.3 Å². The number of hydrogen-bond donors (Lipinski definition) is 1. The van der Waals surface area contributed by atoms with E-state index in [2.05, 4.69) is 5.32 Å². The lowest BCUT2D eigenvalue weighted by Gasteiger charge is -2.29. The Kier molecular flexibility index (Phi) is 4.26. The zero-order valence-corrected chi connectivity index (χ0v) is 15.2. The Bertz CT molecular complexity index is 1010. The number of carbonyl (C=O) groups is 2. The number of nitrogens with one attached hydrogen (secondary N) is 1. The second kappa shape index (κ2) is 6.31. The molecule has 10 nitrogen and oxygen atoms in total. The van der Waals surface area contributed by atoms with Gasteiger partial charge in [0.05, 0.1) is 5.69 Å². The number of anilines is 1. The molecule has 1 aliphatic rings. The summed E-state index contributed by atoms with van der Waals surface area (Å²) in [4.78, 5) is 48.0. The molecule has 0 saturated carbocycles. The molecule has 1 N–H and O–H groups in total. The van der Waals surface area contributed by atoms with Gasteiger partial charge in [0.25, 0.3) is 5.79 Å². The van der Waals surface area contributed by atoms with Gasteiger partial charge >= 0.3 is 23.3 Å². The SMILES string of the molecule is Cn1c(=O)n(-c2ccc(NC=C3C(=O)OC(C)(C)OC3=O)cc2)c(=O)n1C. The molecule has 0 atom stereocenters. The molecule has 1 aromatic carbocycles. The molecular formula is C17H18N4O6. The van der Waals surface area contributed by atoms with Crippen LogP contribution in [0.4, 0.5) is 5.69 Å². The maximum absolute atomic E-state index is 12.1. The van der Waals surface area contributed by atoms with Gasteiger partial charge in [-0.3, -0.25) is 0 Å². The second-order valence-electron chi connectivity index (χ2n) is 6.38. The quantitative estimate of drug-likeness (QED) is 0.457. The fraction of sp³-hybridized carbons (Fsp3) is 0.294. The first-order chi connectivity index (χ1) is 12.6. The molecule has 10 heteroatoms. The molecule has 0 amide bonds. The molecule has 0 unspecified atom stereocenters. The van der Waals surface area contributed by atoms with E-state index in [0.29, 0.717) is 11.4 Å². The van der Waals surface area contributed by atoms with Crippen LogP contribution >= 0.6 is 0 Å². The van der Waals surface area contributed by atoms with Gasteiger partial charge in [-0.25, -0.2) is 33.1 Å². The summed E-state index contributed by atoms with van der Waals surface area (Å²) in [5, 5.41) is 2.79. The maximum Gasteiger partial charge on any atom is 0.351 e. The van der Waals surface area contributed by atoms with Crippen molar-refractivity contribution in [1.29, 1.82) is 0 Å². The Labute approximate surface area is 153 Å². The highest BCUT2D eigenvalue weighted by Crippen LogP contribution is 2.22. The fourth-order valence-electron chi connectivity index (χ4n) is 2.49. The molecule has 1 saturated heterocycles. The van der Waals surface area contributed by atoms with Crippen molar-refractivity contribution >= 4 is 17.6 Å². The molecule has 2 heterocycles. The first-order valence-corrected chi connectivity index (χ1v) is 7.99. The Morgan fingerprint density at radius 2 is 1.37 bits per heavy atom. The third-order valence-electron chi connectivity index (χ3n) is 4.01. The minimum Gasteiger partial charge on any atom is -0.419 e. The summed E-state index contributed by atoms with van der Waals surface area (Å²) in [6, 6.07) is 6.30. The summed E-state index contributed by atoms with van der Waals surface area (Å²) >= 11 is 0. The van der Waals surface area contributed by atoms with Crippen molar-refractivity contribution in [1.82, 2.24) is 13.9 Å². The van der Waals surface area contributed by atoms with Crippen LogP contribution in [0.3, 0.4) is 0 Å². The monoisotopic (exact) mass is 374 g/mol. The minimum absolute atomic E-state index is 0.272. The molecule has 1 fully saturated rings. The van der Waals surface area contributed by atoms with E-state index < -0.39 is 29.1 Å². The number of benzene rings is 1. The highest BCUT2D eigenvalue weighted by atomic mass is 16.7. The van der Waals surface area contributed by atoms with Crippen LogP contribution in [0.25, 0.3) is 5.69 Å². The van der Waals surface area contributed by atoms with Crippen LogP contribution in [0.15, 0.2) is 45.6 Å². The Hall–Kier alpha value is -3.56. The van der Waals surface area contributed by atoms with Crippen LogP contribution in [-0.2, 0) is 33.2 Å². The molecule has 3 rings (SSSR count). The van der Waals surface area contributed by atoms with E-state index in [4.69, 9.17) is 9.47 Å². The molecular weight excluding hydrogens is 356 g/mol. The molecule has 0 spiro atoms. The van der Waals surface area contributed by atoms with Crippen LogP contribution in [-0.4, -0.2) is 31.7 Å². The molecule has 0 radical (unpaired) electrons. The van der Waals surface area contributed by atoms with Crippen molar-refractivity contribution in [2.24, 2.45) is 14.1 Å². The van der Waals surface area contributed by atoms with Crippen LogP contribution in [0.2, 0.25) is 0 Å². The lowest BCUT2D eigenvalue weighted by atomic mass is 10.2. The number of rotatable bonds is 3. The summed E-state index contributed by atoms with van der Waals surface area (Å²) in [7, 11) is 2.98. The zero-order chi connectivity index (χ0) is 19.9. The third kappa shape index (κ3) is 3.28. The average molecular weight is 374 g/mol. The van der Waals surface area contributed by atoms with Crippen LogP contribution in [0.5, 0.6) is 0 Å². The smallest absolute Gasteiger partial charge is 0.351 e. The topological polar surface area (TPSA) is 114 Å². The second-order valence-corrected chi connectivity index (χ2v) is 6.38. The van der Waals surface area contributed by atoms with Crippen LogP contribution < -0.4 is 16.7 Å². The Balaban J connectivity index is 1.83. The van der Waals surface area contributed by atoms with Gasteiger partial charge in [0.15, 0.2) is 5.57 Å². The summed E-state index contributed by atoms with van der Waals surface area (Å²) in [6.07, 6.45) is 1.18. The summed E-state index contributed by atoms with van der Waals surface area (Å²) in [5.41, 5.74) is -0.303.